The number of para-hydroxylation sites is 2. The van der Waals surface area contributed by atoms with Crippen molar-refractivity contribution in [2.24, 2.45) is 0 Å². The molecule has 2 aromatic rings. The van der Waals surface area contributed by atoms with Gasteiger partial charge >= 0.3 is 5.97 Å². The Morgan fingerprint density at radius 2 is 1.68 bits per heavy atom. The van der Waals surface area contributed by atoms with Crippen molar-refractivity contribution in [2.45, 2.75) is 39.0 Å². The lowest BCUT2D eigenvalue weighted by Gasteiger charge is -2.36. The number of amides is 1. The predicted octanol–water partition coefficient (Wildman–Crippen LogP) is 3.20. The largest absolute Gasteiger partial charge is 0.485 e. The van der Waals surface area contributed by atoms with Gasteiger partial charge in [0, 0.05) is 12.1 Å². The number of ether oxygens (including phenoxy) is 3. The normalized spacial score (nSPS) is 15.6. The number of hydrogen-bond donors (Lipinski definition) is 0. The maximum absolute atomic E-state index is 12.8. The van der Waals surface area contributed by atoms with Gasteiger partial charge in [0.05, 0.1) is 0 Å². The number of carbonyl (C=O) groups is 2. The van der Waals surface area contributed by atoms with E-state index < -0.39 is 17.6 Å². The van der Waals surface area contributed by atoms with Gasteiger partial charge < -0.3 is 19.1 Å². The van der Waals surface area contributed by atoms with Crippen molar-refractivity contribution in [1.29, 1.82) is 0 Å². The SMILES string of the molecule is CC(C)(C)N(Cc1ccccc1)C(=O)COC(=O)C1COc2ccccc2O1. The lowest BCUT2D eigenvalue weighted by atomic mass is 10.0. The molecule has 0 aliphatic carbocycles. The van der Waals surface area contributed by atoms with Gasteiger partial charge in [-0.1, -0.05) is 42.5 Å². The molecular formula is C22H25NO5. The minimum Gasteiger partial charge on any atom is -0.485 e. The molecule has 0 saturated heterocycles. The monoisotopic (exact) mass is 383 g/mol. The average Bonchev–Trinajstić information content (AvgIpc) is 2.69. The highest BCUT2D eigenvalue weighted by atomic mass is 16.6. The molecule has 0 aromatic heterocycles. The average molecular weight is 383 g/mol. The Bertz CT molecular complexity index is 828. The van der Waals surface area contributed by atoms with Gasteiger partial charge in [0.15, 0.2) is 18.1 Å². The van der Waals surface area contributed by atoms with Crippen molar-refractivity contribution < 1.29 is 23.8 Å². The minimum atomic E-state index is -0.889. The molecule has 0 N–H and O–H groups in total. The van der Waals surface area contributed by atoms with Crippen molar-refractivity contribution in [2.75, 3.05) is 13.2 Å². The number of benzene rings is 2. The Kier molecular flexibility index (Phi) is 5.87. The summed E-state index contributed by atoms with van der Waals surface area (Å²) in [4.78, 5) is 26.8. The molecule has 3 rings (SSSR count). The van der Waals surface area contributed by atoms with Crippen LogP contribution in [0.4, 0.5) is 0 Å². The summed E-state index contributed by atoms with van der Waals surface area (Å²) in [6.07, 6.45) is -0.889. The van der Waals surface area contributed by atoms with Crippen LogP contribution in [0.5, 0.6) is 11.5 Å². The second-order valence-corrected chi connectivity index (χ2v) is 7.61. The molecule has 0 bridgehead atoms. The molecule has 0 radical (unpaired) electrons. The Labute approximate surface area is 165 Å². The van der Waals surface area contributed by atoms with Crippen LogP contribution in [-0.2, 0) is 20.9 Å². The zero-order valence-corrected chi connectivity index (χ0v) is 16.4. The van der Waals surface area contributed by atoms with Crippen LogP contribution in [-0.4, -0.2) is 41.6 Å². The molecule has 1 heterocycles. The maximum atomic E-state index is 12.8. The van der Waals surface area contributed by atoms with Crippen molar-refractivity contribution in [3.8, 4) is 11.5 Å². The van der Waals surface area contributed by atoms with E-state index >= 15 is 0 Å². The number of nitrogens with zero attached hydrogens (tertiary/aromatic N) is 1. The minimum absolute atomic E-state index is 0.0526. The molecule has 0 spiro atoms. The Balaban J connectivity index is 1.59. The highest BCUT2D eigenvalue weighted by molar-refractivity contribution is 5.83. The van der Waals surface area contributed by atoms with Crippen LogP contribution in [0.2, 0.25) is 0 Å². The summed E-state index contributed by atoms with van der Waals surface area (Å²) in [6.45, 7) is 6.00. The molecule has 6 nitrogen and oxygen atoms in total. The molecule has 1 atom stereocenters. The van der Waals surface area contributed by atoms with Gasteiger partial charge in [0.2, 0.25) is 6.10 Å². The molecule has 6 heteroatoms. The van der Waals surface area contributed by atoms with E-state index in [1.165, 1.54) is 0 Å². The lowest BCUT2D eigenvalue weighted by molar-refractivity contribution is -0.161. The van der Waals surface area contributed by atoms with Gasteiger partial charge in [-0.05, 0) is 38.5 Å². The quantitative estimate of drug-likeness (QED) is 0.742. The Morgan fingerprint density at radius 3 is 2.36 bits per heavy atom. The van der Waals surface area contributed by atoms with Crippen LogP contribution in [0.1, 0.15) is 26.3 Å². The molecule has 0 saturated carbocycles. The first-order valence-corrected chi connectivity index (χ1v) is 9.24. The number of rotatable bonds is 5. The van der Waals surface area contributed by atoms with E-state index in [1.54, 1.807) is 23.1 Å². The van der Waals surface area contributed by atoms with Crippen molar-refractivity contribution in [3.63, 3.8) is 0 Å². The smallest absolute Gasteiger partial charge is 0.351 e. The summed E-state index contributed by atoms with van der Waals surface area (Å²) in [5, 5.41) is 0. The summed E-state index contributed by atoms with van der Waals surface area (Å²) in [7, 11) is 0. The third-order valence-electron chi connectivity index (χ3n) is 4.40. The van der Waals surface area contributed by atoms with Gasteiger partial charge in [-0.3, -0.25) is 4.79 Å². The van der Waals surface area contributed by atoms with Crippen LogP contribution < -0.4 is 9.47 Å². The highest BCUT2D eigenvalue weighted by Crippen LogP contribution is 2.31. The van der Waals surface area contributed by atoms with Crippen LogP contribution in [0.15, 0.2) is 54.6 Å². The Hall–Kier alpha value is -3.02. The fourth-order valence-corrected chi connectivity index (χ4v) is 2.90. The molecule has 0 fully saturated rings. The van der Waals surface area contributed by atoms with Gasteiger partial charge in [-0.15, -0.1) is 0 Å². The van der Waals surface area contributed by atoms with Crippen LogP contribution in [0, 0.1) is 0 Å². The predicted molar refractivity (Wildman–Crippen MR) is 104 cm³/mol. The Morgan fingerprint density at radius 1 is 1.04 bits per heavy atom. The second-order valence-electron chi connectivity index (χ2n) is 7.61. The van der Waals surface area contributed by atoms with E-state index in [1.807, 2.05) is 57.2 Å². The van der Waals surface area contributed by atoms with E-state index in [0.29, 0.717) is 18.0 Å². The highest BCUT2D eigenvalue weighted by Gasteiger charge is 2.31. The fraction of sp³-hybridized carbons (Fsp3) is 0.364. The summed E-state index contributed by atoms with van der Waals surface area (Å²) in [5.74, 6) is 0.199. The summed E-state index contributed by atoms with van der Waals surface area (Å²) in [6, 6.07) is 16.8. The van der Waals surface area contributed by atoms with Crippen LogP contribution in [0.25, 0.3) is 0 Å². The first kappa shape index (κ1) is 19.7. The third-order valence-corrected chi connectivity index (χ3v) is 4.40. The number of hydrogen-bond acceptors (Lipinski definition) is 5. The van der Waals surface area contributed by atoms with E-state index in [9.17, 15) is 9.59 Å². The molecule has 28 heavy (non-hydrogen) atoms. The van der Waals surface area contributed by atoms with Gasteiger partial charge in [-0.2, -0.15) is 0 Å². The zero-order valence-electron chi connectivity index (χ0n) is 16.4. The van der Waals surface area contributed by atoms with Gasteiger partial charge in [-0.25, -0.2) is 4.79 Å². The first-order chi connectivity index (χ1) is 13.3. The topological polar surface area (TPSA) is 65.1 Å². The zero-order chi connectivity index (χ0) is 20.1. The summed E-state index contributed by atoms with van der Waals surface area (Å²) >= 11 is 0. The molecule has 1 aliphatic rings. The lowest BCUT2D eigenvalue weighted by Crippen LogP contribution is -2.47. The van der Waals surface area contributed by atoms with E-state index in [2.05, 4.69) is 0 Å². The van der Waals surface area contributed by atoms with E-state index in [0.717, 1.165) is 5.56 Å². The van der Waals surface area contributed by atoms with Crippen LogP contribution >= 0.6 is 0 Å². The van der Waals surface area contributed by atoms with Crippen molar-refractivity contribution in [1.82, 2.24) is 4.90 Å². The maximum Gasteiger partial charge on any atom is 0.351 e. The van der Waals surface area contributed by atoms with Gasteiger partial charge in [0.25, 0.3) is 5.91 Å². The third kappa shape index (κ3) is 4.82. The van der Waals surface area contributed by atoms with Gasteiger partial charge in [0.1, 0.15) is 6.61 Å². The van der Waals surface area contributed by atoms with Crippen molar-refractivity contribution in [3.05, 3.63) is 60.2 Å². The number of esters is 1. The molecule has 148 valence electrons. The van der Waals surface area contributed by atoms with E-state index in [4.69, 9.17) is 14.2 Å². The molecule has 1 unspecified atom stereocenters. The standard InChI is InChI=1S/C22H25NO5/c1-22(2,3)23(13-16-9-5-4-6-10-16)20(24)15-27-21(25)19-14-26-17-11-7-8-12-18(17)28-19/h4-12,19H,13-15H2,1-3H3. The summed E-state index contributed by atoms with van der Waals surface area (Å²) in [5.41, 5.74) is 0.598. The second kappa shape index (κ2) is 8.33. The first-order valence-electron chi connectivity index (χ1n) is 9.24. The van der Waals surface area contributed by atoms with Crippen LogP contribution in [0.3, 0.4) is 0 Å². The van der Waals surface area contributed by atoms with Crippen molar-refractivity contribution >= 4 is 11.9 Å². The number of fused-ring (bicyclic) bond motifs is 1. The van der Waals surface area contributed by atoms with E-state index in [-0.39, 0.29) is 19.1 Å². The molecular weight excluding hydrogens is 358 g/mol. The molecule has 1 amide bonds. The molecule has 1 aliphatic heterocycles. The summed E-state index contributed by atoms with van der Waals surface area (Å²) < 4.78 is 16.4. The number of carbonyl (C=O) groups excluding carboxylic acids is 2. The fourth-order valence-electron chi connectivity index (χ4n) is 2.90. The molecule has 2 aromatic carbocycles.